The molecule has 0 amide bonds. The molecule has 0 aromatic carbocycles. The van der Waals surface area contributed by atoms with Crippen LogP contribution in [0.2, 0.25) is 0 Å². The number of hydrogen-bond acceptors (Lipinski definition) is 1. The van der Waals surface area contributed by atoms with Crippen LogP contribution in [0.1, 0.15) is 84.0 Å². The summed E-state index contributed by atoms with van der Waals surface area (Å²) in [7, 11) is 0. The molecule has 0 spiro atoms. The van der Waals surface area contributed by atoms with Crippen LogP contribution in [0.15, 0.2) is 0 Å². The molecule has 0 atom stereocenters. The van der Waals surface area contributed by atoms with E-state index < -0.39 is 18.4 Å². The van der Waals surface area contributed by atoms with Crippen LogP contribution in [0.25, 0.3) is 0 Å². The minimum Gasteiger partial charge on any atom is -0.299 e. The highest BCUT2D eigenvalue weighted by Gasteiger charge is 2.30. The molecule has 0 aromatic heterocycles. The van der Waals surface area contributed by atoms with E-state index in [1.165, 1.54) is 38.5 Å². The van der Waals surface area contributed by atoms with Crippen LogP contribution in [0.3, 0.4) is 0 Å². The van der Waals surface area contributed by atoms with Gasteiger partial charge in [-0.3, -0.25) is 4.79 Å². The zero-order valence-corrected chi connectivity index (χ0v) is 12.0. The second kappa shape index (κ2) is 11.3. The Kier molecular flexibility index (Phi) is 11.0. The van der Waals surface area contributed by atoms with Crippen LogP contribution in [-0.4, -0.2) is 12.0 Å². The summed E-state index contributed by atoms with van der Waals surface area (Å²) in [5.74, 6) is -0.674. The lowest BCUT2D eigenvalue weighted by Gasteiger charge is -2.05. The Hall–Kier alpha value is -0.540. The Balaban J connectivity index is 3.21. The standard InChI is InChI=1S/C15H27F3O/c1-2-3-4-5-6-7-8-9-10-11-12-14(19)13-15(16,17)18/h2-13H2,1H3. The molecule has 0 saturated carbocycles. The number of carbonyl (C=O) groups excluding carboxylic acids is 1. The molecular formula is C15H27F3O. The third-order valence-corrected chi connectivity index (χ3v) is 3.21. The number of halogens is 3. The summed E-state index contributed by atoms with van der Waals surface area (Å²) in [5, 5.41) is 0. The molecule has 0 aliphatic heterocycles. The number of ketones is 1. The first-order chi connectivity index (χ1) is 8.95. The van der Waals surface area contributed by atoms with Gasteiger partial charge in [-0.1, -0.05) is 64.7 Å². The minimum atomic E-state index is -4.34. The summed E-state index contributed by atoms with van der Waals surface area (Å²) in [6, 6.07) is 0. The van der Waals surface area contributed by atoms with Gasteiger partial charge in [-0.2, -0.15) is 13.2 Å². The van der Waals surface area contributed by atoms with Gasteiger partial charge in [-0.25, -0.2) is 0 Å². The highest BCUT2D eigenvalue weighted by Crippen LogP contribution is 2.21. The van der Waals surface area contributed by atoms with E-state index >= 15 is 0 Å². The molecule has 0 fully saturated rings. The Morgan fingerprint density at radius 3 is 1.63 bits per heavy atom. The Bertz CT molecular complexity index is 224. The summed E-state index contributed by atoms with van der Waals surface area (Å²) >= 11 is 0. The van der Waals surface area contributed by atoms with Gasteiger partial charge in [0, 0.05) is 6.42 Å². The maximum Gasteiger partial charge on any atom is 0.395 e. The van der Waals surface area contributed by atoms with Crippen molar-refractivity contribution in [3.05, 3.63) is 0 Å². The lowest BCUT2D eigenvalue weighted by Crippen LogP contribution is -2.14. The van der Waals surface area contributed by atoms with E-state index in [0.29, 0.717) is 6.42 Å². The molecule has 0 bridgehead atoms. The fourth-order valence-electron chi connectivity index (χ4n) is 2.12. The van der Waals surface area contributed by atoms with Gasteiger partial charge in [0.1, 0.15) is 12.2 Å². The number of unbranched alkanes of at least 4 members (excludes halogenated alkanes) is 9. The maximum absolute atomic E-state index is 11.9. The Morgan fingerprint density at radius 1 is 0.789 bits per heavy atom. The van der Waals surface area contributed by atoms with Crippen LogP contribution in [-0.2, 0) is 4.79 Å². The number of carbonyl (C=O) groups is 1. The molecule has 0 saturated heterocycles. The molecular weight excluding hydrogens is 253 g/mol. The van der Waals surface area contributed by atoms with Gasteiger partial charge in [0.25, 0.3) is 0 Å². The largest absolute Gasteiger partial charge is 0.395 e. The molecule has 0 heterocycles. The van der Waals surface area contributed by atoms with Crippen LogP contribution >= 0.6 is 0 Å². The fourth-order valence-corrected chi connectivity index (χ4v) is 2.12. The maximum atomic E-state index is 11.9. The van der Waals surface area contributed by atoms with Crippen molar-refractivity contribution in [2.75, 3.05) is 0 Å². The highest BCUT2D eigenvalue weighted by molar-refractivity contribution is 5.78. The molecule has 114 valence electrons. The van der Waals surface area contributed by atoms with Crippen molar-refractivity contribution in [2.24, 2.45) is 0 Å². The minimum absolute atomic E-state index is 0.0794. The summed E-state index contributed by atoms with van der Waals surface area (Å²) in [5.41, 5.74) is 0. The zero-order valence-electron chi connectivity index (χ0n) is 12.0. The van der Waals surface area contributed by atoms with Crippen molar-refractivity contribution >= 4 is 5.78 Å². The SMILES string of the molecule is CCCCCCCCCCCCC(=O)CC(F)(F)F. The lowest BCUT2D eigenvalue weighted by molar-refractivity contribution is -0.152. The van der Waals surface area contributed by atoms with Crippen LogP contribution in [0.4, 0.5) is 13.2 Å². The van der Waals surface area contributed by atoms with Crippen molar-refractivity contribution in [1.82, 2.24) is 0 Å². The smallest absolute Gasteiger partial charge is 0.299 e. The molecule has 0 aliphatic carbocycles. The Labute approximate surface area is 115 Å². The first-order valence-corrected chi connectivity index (χ1v) is 7.54. The van der Waals surface area contributed by atoms with Crippen molar-refractivity contribution in [1.29, 1.82) is 0 Å². The molecule has 1 nitrogen and oxygen atoms in total. The monoisotopic (exact) mass is 280 g/mol. The first-order valence-electron chi connectivity index (χ1n) is 7.54. The van der Waals surface area contributed by atoms with Crippen molar-refractivity contribution in [3.63, 3.8) is 0 Å². The summed E-state index contributed by atoms with van der Waals surface area (Å²) < 4.78 is 35.7. The molecule has 0 rings (SSSR count). The molecule has 4 heteroatoms. The van der Waals surface area contributed by atoms with Gasteiger partial charge in [-0.15, -0.1) is 0 Å². The quantitative estimate of drug-likeness (QED) is 0.412. The second-order valence-electron chi connectivity index (χ2n) is 5.26. The number of hydrogen-bond donors (Lipinski definition) is 0. The van der Waals surface area contributed by atoms with Gasteiger partial charge in [0.15, 0.2) is 0 Å². The second-order valence-corrected chi connectivity index (χ2v) is 5.26. The average Bonchev–Trinajstić information content (AvgIpc) is 2.29. The predicted molar refractivity (Wildman–Crippen MR) is 72.1 cm³/mol. The molecule has 0 radical (unpaired) electrons. The molecule has 0 N–H and O–H groups in total. The zero-order chi connectivity index (χ0) is 14.6. The molecule has 0 aromatic rings. The lowest BCUT2D eigenvalue weighted by atomic mass is 10.0. The van der Waals surface area contributed by atoms with Gasteiger partial charge < -0.3 is 0 Å². The van der Waals surface area contributed by atoms with E-state index in [1.807, 2.05) is 0 Å². The third kappa shape index (κ3) is 15.4. The van der Waals surface area contributed by atoms with E-state index in [9.17, 15) is 18.0 Å². The average molecular weight is 280 g/mol. The highest BCUT2D eigenvalue weighted by atomic mass is 19.4. The van der Waals surface area contributed by atoms with Crippen LogP contribution in [0, 0.1) is 0 Å². The van der Waals surface area contributed by atoms with Crippen molar-refractivity contribution < 1.29 is 18.0 Å². The summed E-state index contributed by atoms with van der Waals surface area (Å²) in [6.07, 6.45) is 5.76. The fraction of sp³-hybridized carbons (Fsp3) is 0.933. The van der Waals surface area contributed by atoms with E-state index in [4.69, 9.17) is 0 Å². The van der Waals surface area contributed by atoms with Gasteiger partial charge in [0.05, 0.1) is 0 Å². The molecule has 0 aliphatic rings. The molecule has 0 unspecified atom stereocenters. The normalized spacial score (nSPS) is 11.8. The van der Waals surface area contributed by atoms with E-state index in [-0.39, 0.29) is 6.42 Å². The van der Waals surface area contributed by atoms with Crippen molar-refractivity contribution in [3.8, 4) is 0 Å². The number of alkyl halides is 3. The predicted octanol–water partition coefficient (Wildman–Crippen LogP) is 5.82. The van der Waals surface area contributed by atoms with E-state index in [2.05, 4.69) is 6.92 Å². The van der Waals surface area contributed by atoms with Gasteiger partial charge >= 0.3 is 6.18 Å². The Morgan fingerprint density at radius 2 is 1.21 bits per heavy atom. The first kappa shape index (κ1) is 18.5. The number of Topliss-reactive ketones (excluding diaryl/α,β-unsaturated/α-hetero) is 1. The van der Waals surface area contributed by atoms with Crippen LogP contribution < -0.4 is 0 Å². The van der Waals surface area contributed by atoms with Crippen molar-refractivity contribution in [2.45, 2.75) is 90.1 Å². The summed E-state index contributed by atoms with van der Waals surface area (Å²) in [6.45, 7) is 2.19. The van der Waals surface area contributed by atoms with Gasteiger partial charge in [-0.05, 0) is 6.42 Å². The third-order valence-electron chi connectivity index (χ3n) is 3.21. The van der Waals surface area contributed by atoms with Gasteiger partial charge in [0.2, 0.25) is 0 Å². The van der Waals surface area contributed by atoms with E-state index in [0.717, 1.165) is 19.3 Å². The summed E-state index contributed by atoms with van der Waals surface area (Å²) in [4.78, 5) is 11.0. The van der Waals surface area contributed by atoms with Crippen LogP contribution in [0.5, 0.6) is 0 Å². The number of rotatable bonds is 12. The molecule has 19 heavy (non-hydrogen) atoms. The van der Waals surface area contributed by atoms with E-state index in [1.54, 1.807) is 0 Å². The topological polar surface area (TPSA) is 17.1 Å².